The lowest BCUT2D eigenvalue weighted by atomic mass is 10.2. The van der Waals surface area contributed by atoms with Gasteiger partial charge in [-0.15, -0.1) is 0 Å². The van der Waals surface area contributed by atoms with Gasteiger partial charge in [0, 0.05) is 0 Å². The Kier molecular flexibility index (Phi) is 6.34. The van der Waals surface area contributed by atoms with Crippen molar-refractivity contribution in [3.05, 3.63) is 68.7 Å². The second-order valence-corrected chi connectivity index (χ2v) is 7.14. The minimum atomic E-state index is -0.475. The number of rotatable bonds is 6. The van der Waals surface area contributed by atoms with Crippen LogP contribution in [0, 0.1) is 0 Å². The van der Waals surface area contributed by atoms with Crippen LogP contribution in [0.3, 0.4) is 0 Å². The Labute approximate surface area is 172 Å². The van der Waals surface area contributed by atoms with E-state index in [9.17, 15) is 9.59 Å². The standard InChI is InChI=1S/C20H20Cl2N4O2/c1-3-26(11-17-23-15-9-5-4-7-13(15)20(28)25-17)12(2)19(27)24-16-10-6-8-14(21)18(16)22/h4-10,12H,3,11H2,1-2H3,(H,24,27)(H,23,25,28). The second kappa shape index (κ2) is 8.73. The van der Waals surface area contributed by atoms with E-state index in [0.29, 0.717) is 45.5 Å². The lowest BCUT2D eigenvalue weighted by Gasteiger charge is -2.26. The molecule has 146 valence electrons. The maximum atomic E-state index is 12.7. The molecule has 28 heavy (non-hydrogen) atoms. The molecule has 0 aliphatic heterocycles. The van der Waals surface area contributed by atoms with E-state index in [1.165, 1.54) is 0 Å². The van der Waals surface area contributed by atoms with Gasteiger partial charge < -0.3 is 10.3 Å². The van der Waals surface area contributed by atoms with Crippen LogP contribution in [0.25, 0.3) is 10.9 Å². The van der Waals surface area contributed by atoms with Gasteiger partial charge in [0.1, 0.15) is 5.82 Å². The van der Waals surface area contributed by atoms with Crippen LogP contribution < -0.4 is 10.9 Å². The number of aromatic nitrogens is 2. The Hall–Kier alpha value is -2.41. The lowest BCUT2D eigenvalue weighted by molar-refractivity contribution is -0.120. The fraction of sp³-hybridized carbons (Fsp3) is 0.250. The van der Waals surface area contributed by atoms with Gasteiger partial charge >= 0.3 is 0 Å². The lowest BCUT2D eigenvalue weighted by Crippen LogP contribution is -2.42. The molecular formula is C20H20Cl2N4O2. The highest BCUT2D eigenvalue weighted by molar-refractivity contribution is 6.44. The molecule has 0 radical (unpaired) electrons. The van der Waals surface area contributed by atoms with Crippen LogP contribution in [0.2, 0.25) is 10.0 Å². The molecule has 1 unspecified atom stereocenters. The van der Waals surface area contributed by atoms with Crippen LogP contribution in [-0.4, -0.2) is 33.4 Å². The maximum absolute atomic E-state index is 12.7. The van der Waals surface area contributed by atoms with Crippen molar-refractivity contribution in [2.75, 3.05) is 11.9 Å². The summed E-state index contributed by atoms with van der Waals surface area (Å²) in [5.74, 6) is 0.278. The number of H-pyrrole nitrogens is 1. The van der Waals surface area contributed by atoms with Gasteiger partial charge in [0.05, 0.1) is 39.2 Å². The van der Waals surface area contributed by atoms with Gasteiger partial charge in [-0.3, -0.25) is 14.5 Å². The molecule has 3 aromatic rings. The zero-order valence-corrected chi connectivity index (χ0v) is 17.0. The van der Waals surface area contributed by atoms with Gasteiger partial charge in [-0.05, 0) is 37.7 Å². The summed E-state index contributed by atoms with van der Waals surface area (Å²) in [7, 11) is 0. The predicted octanol–water partition coefficient (Wildman–Crippen LogP) is 4.08. The average molecular weight is 419 g/mol. The number of likely N-dealkylation sites (N-methyl/N-ethyl adjacent to an activating group) is 1. The van der Waals surface area contributed by atoms with Crippen molar-refractivity contribution in [3.63, 3.8) is 0 Å². The fourth-order valence-electron chi connectivity index (χ4n) is 2.93. The van der Waals surface area contributed by atoms with Crippen LogP contribution in [-0.2, 0) is 11.3 Å². The van der Waals surface area contributed by atoms with E-state index in [0.717, 1.165) is 0 Å². The van der Waals surface area contributed by atoms with Gasteiger partial charge in [0.2, 0.25) is 5.91 Å². The van der Waals surface area contributed by atoms with E-state index in [1.54, 1.807) is 43.3 Å². The monoisotopic (exact) mass is 418 g/mol. The van der Waals surface area contributed by atoms with Gasteiger partial charge in [-0.25, -0.2) is 4.98 Å². The topological polar surface area (TPSA) is 78.1 Å². The molecule has 1 heterocycles. The predicted molar refractivity (Wildman–Crippen MR) is 113 cm³/mol. The van der Waals surface area contributed by atoms with Gasteiger partial charge in [0.15, 0.2) is 0 Å². The van der Waals surface area contributed by atoms with E-state index >= 15 is 0 Å². The SMILES string of the molecule is CCN(Cc1nc2ccccc2c(=O)[nH]1)C(C)C(=O)Nc1cccc(Cl)c1Cl. The zero-order chi connectivity index (χ0) is 20.3. The molecule has 0 aliphatic rings. The molecule has 6 nitrogen and oxygen atoms in total. The van der Waals surface area contributed by atoms with E-state index in [4.69, 9.17) is 23.2 Å². The third kappa shape index (κ3) is 4.35. The minimum absolute atomic E-state index is 0.195. The number of para-hydroxylation sites is 1. The Morgan fingerprint density at radius 2 is 1.96 bits per heavy atom. The van der Waals surface area contributed by atoms with Crippen LogP contribution in [0.5, 0.6) is 0 Å². The molecular weight excluding hydrogens is 399 g/mol. The number of nitrogens with one attached hydrogen (secondary N) is 2. The van der Waals surface area contributed by atoms with E-state index in [2.05, 4.69) is 15.3 Å². The molecule has 1 atom stereocenters. The molecule has 2 N–H and O–H groups in total. The molecule has 1 aromatic heterocycles. The minimum Gasteiger partial charge on any atom is -0.323 e. The third-order valence-corrected chi connectivity index (χ3v) is 5.38. The molecule has 0 saturated heterocycles. The first-order valence-electron chi connectivity index (χ1n) is 8.87. The number of amides is 1. The molecule has 8 heteroatoms. The smallest absolute Gasteiger partial charge is 0.258 e. The summed E-state index contributed by atoms with van der Waals surface area (Å²) in [6.45, 7) is 4.65. The molecule has 1 amide bonds. The van der Waals surface area contributed by atoms with Crippen molar-refractivity contribution < 1.29 is 4.79 Å². The molecule has 2 aromatic carbocycles. The van der Waals surface area contributed by atoms with Crippen molar-refractivity contribution in [3.8, 4) is 0 Å². The summed E-state index contributed by atoms with van der Waals surface area (Å²) in [5.41, 5.74) is 0.888. The normalized spacial score (nSPS) is 12.3. The fourth-order valence-corrected chi connectivity index (χ4v) is 3.28. The van der Waals surface area contributed by atoms with Crippen LogP contribution in [0.1, 0.15) is 19.7 Å². The Morgan fingerprint density at radius 1 is 1.21 bits per heavy atom. The zero-order valence-electron chi connectivity index (χ0n) is 15.5. The number of carbonyl (C=O) groups excluding carboxylic acids is 1. The second-order valence-electron chi connectivity index (χ2n) is 6.36. The van der Waals surface area contributed by atoms with Crippen molar-refractivity contribution in [2.24, 2.45) is 0 Å². The summed E-state index contributed by atoms with van der Waals surface area (Å²) in [4.78, 5) is 34.2. The number of hydrogen-bond acceptors (Lipinski definition) is 4. The summed E-state index contributed by atoms with van der Waals surface area (Å²) >= 11 is 12.1. The van der Waals surface area contributed by atoms with E-state index in [-0.39, 0.29) is 11.5 Å². The first-order chi connectivity index (χ1) is 13.4. The summed E-state index contributed by atoms with van der Waals surface area (Å²) < 4.78 is 0. The van der Waals surface area contributed by atoms with Gasteiger partial charge in [0.25, 0.3) is 5.56 Å². The van der Waals surface area contributed by atoms with Crippen LogP contribution in [0.15, 0.2) is 47.3 Å². The third-order valence-electron chi connectivity index (χ3n) is 4.56. The Bertz CT molecular complexity index is 1070. The highest BCUT2D eigenvalue weighted by Crippen LogP contribution is 2.29. The van der Waals surface area contributed by atoms with Crippen molar-refractivity contribution in [2.45, 2.75) is 26.4 Å². The van der Waals surface area contributed by atoms with Crippen LogP contribution in [0.4, 0.5) is 5.69 Å². The summed E-state index contributed by atoms with van der Waals surface area (Å²) in [6.07, 6.45) is 0. The van der Waals surface area contributed by atoms with E-state index < -0.39 is 6.04 Å². The molecule has 0 aliphatic carbocycles. The molecule has 0 fully saturated rings. The average Bonchev–Trinajstić information content (AvgIpc) is 2.69. The summed E-state index contributed by atoms with van der Waals surface area (Å²) in [5, 5.41) is 4.01. The number of fused-ring (bicyclic) bond motifs is 1. The van der Waals surface area contributed by atoms with E-state index in [1.807, 2.05) is 17.9 Å². The highest BCUT2D eigenvalue weighted by atomic mass is 35.5. The Balaban J connectivity index is 1.78. The highest BCUT2D eigenvalue weighted by Gasteiger charge is 2.22. The quantitative estimate of drug-likeness (QED) is 0.631. The number of anilines is 1. The Morgan fingerprint density at radius 3 is 2.71 bits per heavy atom. The number of aromatic amines is 1. The summed E-state index contributed by atoms with van der Waals surface area (Å²) in [6, 6.07) is 11.7. The molecule has 3 rings (SSSR count). The van der Waals surface area contributed by atoms with Crippen molar-refractivity contribution in [1.29, 1.82) is 0 Å². The van der Waals surface area contributed by atoms with Crippen molar-refractivity contribution >= 4 is 45.7 Å². The van der Waals surface area contributed by atoms with Crippen LogP contribution >= 0.6 is 23.2 Å². The molecule has 0 bridgehead atoms. The maximum Gasteiger partial charge on any atom is 0.258 e. The number of carbonyl (C=O) groups is 1. The number of benzene rings is 2. The van der Waals surface area contributed by atoms with Gasteiger partial charge in [-0.1, -0.05) is 48.3 Å². The number of halogens is 2. The molecule has 0 saturated carbocycles. The first-order valence-corrected chi connectivity index (χ1v) is 9.63. The van der Waals surface area contributed by atoms with Gasteiger partial charge in [-0.2, -0.15) is 0 Å². The van der Waals surface area contributed by atoms with Crippen molar-refractivity contribution in [1.82, 2.24) is 14.9 Å². The molecule has 0 spiro atoms. The number of hydrogen-bond donors (Lipinski definition) is 2. The first kappa shape index (κ1) is 20.3. The number of nitrogens with zero attached hydrogens (tertiary/aromatic N) is 2. The largest absolute Gasteiger partial charge is 0.323 e.